The molecule has 1 atom stereocenters. The zero-order valence-electron chi connectivity index (χ0n) is 5.38. The van der Waals surface area contributed by atoms with E-state index in [4.69, 9.17) is 10.8 Å². The fourth-order valence-electron chi connectivity index (χ4n) is 1.68. The molecule has 0 radical (unpaired) electrons. The third kappa shape index (κ3) is 1.10. The van der Waals surface area contributed by atoms with Gasteiger partial charge in [-0.2, -0.15) is 0 Å². The topological polar surface area (TPSA) is 47.6 Å². The van der Waals surface area contributed by atoms with Gasteiger partial charge in [-0.15, -0.1) is 0 Å². The van der Waals surface area contributed by atoms with Gasteiger partial charge in [0.05, 0.1) is 0 Å². The van der Waals surface area contributed by atoms with Crippen LogP contribution in [0.3, 0.4) is 0 Å². The summed E-state index contributed by atoms with van der Waals surface area (Å²) in [7, 11) is 0. The quantitative estimate of drug-likeness (QED) is 0.365. The molecular formula is C7H10N2. The van der Waals surface area contributed by atoms with Gasteiger partial charge in [0.25, 0.3) is 0 Å². The van der Waals surface area contributed by atoms with Crippen LogP contribution in [-0.2, 0) is 0 Å². The maximum absolute atomic E-state index is 6.00. The normalized spacial score (nSPS) is 28.7. The molecule has 2 rings (SSSR count). The van der Waals surface area contributed by atoms with Crippen LogP contribution in [0.5, 0.6) is 0 Å². The van der Waals surface area contributed by atoms with Gasteiger partial charge in [0.1, 0.15) is 0 Å². The standard InChI is InChI=1S/C7H10.N2/c1-2-7-4-3-6(1)5-7;1-2/h1,7H,2-5H2;. The Labute approximate surface area is 55.0 Å². The van der Waals surface area contributed by atoms with Crippen LogP contribution in [0.15, 0.2) is 11.6 Å². The Kier molecular flexibility index (Phi) is 1.84. The molecule has 0 saturated heterocycles. The molecule has 0 spiro atoms. The summed E-state index contributed by atoms with van der Waals surface area (Å²) in [6.07, 6.45) is 8.18. The number of nitrogens with zero attached hydrogens (tertiary/aromatic N) is 2. The second-order valence-corrected chi connectivity index (χ2v) is 2.71. The molecule has 2 nitrogen and oxygen atoms in total. The van der Waals surface area contributed by atoms with Crippen LogP contribution in [0.4, 0.5) is 0 Å². The van der Waals surface area contributed by atoms with Gasteiger partial charge in [-0.25, -0.2) is 0 Å². The fourth-order valence-corrected chi connectivity index (χ4v) is 1.68. The first-order chi connectivity index (χ1) is 4.45. The molecule has 2 aliphatic rings. The van der Waals surface area contributed by atoms with Gasteiger partial charge in [0.2, 0.25) is 0 Å². The smallest absolute Gasteiger partial charge is 0 e. The lowest BCUT2D eigenvalue weighted by molar-refractivity contribution is 0.576. The molecular weight excluding hydrogens is 112 g/mol. The zero-order chi connectivity index (χ0) is 6.69. The number of allylic oxidation sites excluding steroid dienone is 2. The maximum Gasteiger partial charge on any atom is 0 e. The Balaban J connectivity index is 0.000000186. The molecule has 1 unspecified atom stereocenters. The Morgan fingerprint density at radius 3 is 2.33 bits per heavy atom. The van der Waals surface area contributed by atoms with Crippen LogP contribution in [0.2, 0.25) is 0 Å². The van der Waals surface area contributed by atoms with Gasteiger partial charge < -0.3 is 0 Å². The highest BCUT2D eigenvalue weighted by atomic mass is 14.6. The van der Waals surface area contributed by atoms with Crippen molar-refractivity contribution in [1.82, 2.24) is 0 Å². The number of rotatable bonds is 0. The van der Waals surface area contributed by atoms with Crippen LogP contribution < -0.4 is 0 Å². The van der Waals surface area contributed by atoms with E-state index < -0.39 is 0 Å². The summed E-state index contributed by atoms with van der Waals surface area (Å²) < 4.78 is 0. The molecule has 0 aromatic rings. The van der Waals surface area contributed by atoms with Crippen molar-refractivity contribution >= 4 is 0 Å². The monoisotopic (exact) mass is 122 g/mol. The molecule has 48 valence electrons. The molecule has 0 aliphatic heterocycles. The largest absolute Gasteiger partial charge is 0.0850 e. The number of hydrogen-bond acceptors (Lipinski definition) is 2. The van der Waals surface area contributed by atoms with Crippen molar-refractivity contribution in [3.05, 3.63) is 11.6 Å². The first-order valence-electron chi connectivity index (χ1n) is 3.33. The van der Waals surface area contributed by atoms with Crippen LogP contribution in [0.25, 0.3) is 0 Å². The lowest BCUT2D eigenvalue weighted by atomic mass is 10.1. The van der Waals surface area contributed by atoms with E-state index in [0.29, 0.717) is 0 Å². The van der Waals surface area contributed by atoms with Crippen molar-refractivity contribution in [2.45, 2.75) is 25.7 Å². The molecule has 2 aliphatic carbocycles. The Hall–Kier alpha value is -0.840. The van der Waals surface area contributed by atoms with Crippen molar-refractivity contribution in [2.24, 2.45) is 5.92 Å². The van der Waals surface area contributed by atoms with Crippen LogP contribution in [0, 0.1) is 16.7 Å². The van der Waals surface area contributed by atoms with E-state index in [2.05, 4.69) is 6.08 Å². The summed E-state index contributed by atoms with van der Waals surface area (Å²) in [6.45, 7) is 0. The highest BCUT2D eigenvalue weighted by Crippen LogP contribution is 2.38. The van der Waals surface area contributed by atoms with E-state index in [-0.39, 0.29) is 0 Å². The molecule has 0 N–H and O–H groups in total. The fraction of sp³-hybridized carbons (Fsp3) is 0.714. The molecule has 9 heavy (non-hydrogen) atoms. The summed E-state index contributed by atoms with van der Waals surface area (Å²) in [5.74, 6) is 1.08. The molecule has 0 heterocycles. The first kappa shape index (κ1) is 6.28. The summed E-state index contributed by atoms with van der Waals surface area (Å²) in [5, 5.41) is 12.0. The van der Waals surface area contributed by atoms with Gasteiger partial charge in [-0.05, 0) is 31.6 Å². The van der Waals surface area contributed by atoms with Gasteiger partial charge in [0.15, 0.2) is 0 Å². The van der Waals surface area contributed by atoms with Gasteiger partial charge >= 0.3 is 0 Å². The van der Waals surface area contributed by atoms with Crippen molar-refractivity contribution in [2.75, 3.05) is 0 Å². The van der Waals surface area contributed by atoms with Gasteiger partial charge in [-0.3, -0.25) is 0 Å². The number of fused-ring (bicyclic) bond motifs is 2. The maximum atomic E-state index is 6.00. The van der Waals surface area contributed by atoms with E-state index >= 15 is 0 Å². The highest BCUT2D eigenvalue weighted by molar-refractivity contribution is 5.15. The number of hydrogen-bond donors (Lipinski definition) is 0. The molecule has 1 saturated carbocycles. The third-order valence-corrected chi connectivity index (χ3v) is 2.16. The SMILES string of the molecule is C1=C2CCC(C1)C2.N#N. The zero-order valence-corrected chi connectivity index (χ0v) is 5.38. The minimum atomic E-state index is 1.08. The Morgan fingerprint density at radius 1 is 1.44 bits per heavy atom. The summed E-state index contributed by atoms with van der Waals surface area (Å²) in [5.41, 5.74) is 1.74. The lowest BCUT2D eigenvalue weighted by Gasteiger charge is -1.98. The molecule has 0 aromatic carbocycles. The lowest BCUT2D eigenvalue weighted by Crippen LogP contribution is -1.85. The van der Waals surface area contributed by atoms with Gasteiger partial charge in [-0.1, -0.05) is 11.6 Å². The van der Waals surface area contributed by atoms with E-state index in [1.54, 1.807) is 5.57 Å². The second kappa shape index (κ2) is 2.63. The minimum absolute atomic E-state index is 1.08. The highest BCUT2D eigenvalue weighted by Gasteiger charge is 2.22. The summed E-state index contributed by atoms with van der Waals surface area (Å²) >= 11 is 0. The second-order valence-electron chi connectivity index (χ2n) is 2.71. The average molecular weight is 122 g/mol. The van der Waals surface area contributed by atoms with E-state index in [1.807, 2.05) is 0 Å². The van der Waals surface area contributed by atoms with Crippen molar-refractivity contribution in [3.8, 4) is 0 Å². The van der Waals surface area contributed by atoms with E-state index in [0.717, 1.165) is 5.92 Å². The van der Waals surface area contributed by atoms with Crippen molar-refractivity contribution < 1.29 is 0 Å². The van der Waals surface area contributed by atoms with Crippen molar-refractivity contribution in [3.63, 3.8) is 0 Å². The van der Waals surface area contributed by atoms with Crippen LogP contribution in [-0.4, -0.2) is 0 Å². The Bertz CT molecular complexity index is 146. The van der Waals surface area contributed by atoms with Crippen LogP contribution >= 0.6 is 0 Å². The van der Waals surface area contributed by atoms with E-state index in [1.165, 1.54) is 25.7 Å². The third-order valence-electron chi connectivity index (χ3n) is 2.16. The van der Waals surface area contributed by atoms with E-state index in [9.17, 15) is 0 Å². The summed E-state index contributed by atoms with van der Waals surface area (Å²) in [4.78, 5) is 0. The van der Waals surface area contributed by atoms with Crippen molar-refractivity contribution in [1.29, 1.82) is 10.8 Å². The predicted molar refractivity (Wildman–Crippen MR) is 33.5 cm³/mol. The minimum Gasteiger partial charge on any atom is -0.0850 e. The molecule has 2 heteroatoms. The van der Waals surface area contributed by atoms with Gasteiger partial charge in [0, 0.05) is 10.8 Å². The Morgan fingerprint density at radius 2 is 2.22 bits per heavy atom. The molecule has 0 aromatic heterocycles. The summed E-state index contributed by atoms with van der Waals surface area (Å²) in [6, 6.07) is 0. The molecule has 1 fully saturated rings. The molecule has 0 amide bonds. The average Bonchev–Trinajstić information content (AvgIpc) is 2.53. The van der Waals surface area contributed by atoms with Crippen LogP contribution in [0.1, 0.15) is 25.7 Å². The molecule has 2 bridgehead atoms. The predicted octanol–water partition coefficient (Wildman–Crippen LogP) is 2.15. The first-order valence-corrected chi connectivity index (χ1v) is 3.33.